The normalized spacial score (nSPS) is 13.1. The molecule has 0 radical (unpaired) electrons. The van der Waals surface area contributed by atoms with Crippen LogP contribution in [-0.2, 0) is 18.0 Å². The van der Waals surface area contributed by atoms with E-state index >= 15 is 0 Å². The van der Waals surface area contributed by atoms with E-state index in [1.807, 2.05) is 48.5 Å². The average Bonchev–Trinajstić information content (AvgIpc) is 2.87. The summed E-state index contributed by atoms with van der Waals surface area (Å²) in [5.41, 5.74) is 6.30. The van der Waals surface area contributed by atoms with Gasteiger partial charge in [0, 0.05) is 22.7 Å². The van der Waals surface area contributed by atoms with Gasteiger partial charge in [0.2, 0.25) is 0 Å². The highest BCUT2D eigenvalue weighted by molar-refractivity contribution is 7.48. The Morgan fingerprint density at radius 1 is 0.800 bits per heavy atom. The summed E-state index contributed by atoms with van der Waals surface area (Å²) in [7, 11) is 0.372. The van der Waals surface area contributed by atoms with Crippen LogP contribution in [0.3, 0.4) is 0 Å². The zero-order valence-electron chi connectivity index (χ0n) is 20.5. The summed E-state index contributed by atoms with van der Waals surface area (Å²) >= 11 is 0. The van der Waals surface area contributed by atoms with E-state index in [0.29, 0.717) is 20.8 Å². The quantitative estimate of drug-likeness (QED) is 0.190. The zero-order valence-corrected chi connectivity index (χ0v) is 21.5. The summed E-state index contributed by atoms with van der Waals surface area (Å²) in [6.45, 7) is 4.42. The molecule has 35 heavy (non-hydrogen) atoms. The van der Waals surface area contributed by atoms with Gasteiger partial charge in [-0.1, -0.05) is 126 Å². The van der Waals surface area contributed by atoms with Crippen LogP contribution in [0, 0.1) is 0 Å². The predicted octanol–water partition coefficient (Wildman–Crippen LogP) is 7.41. The number of carbonyl (C=O) groups is 1. The Kier molecular flexibility index (Phi) is 8.16. The third kappa shape index (κ3) is 6.08. The van der Waals surface area contributed by atoms with Gasteiger partial charge in [-0.05, 0) is 40.4 Å². The molecule has 2 nitrogen and oxygen atoms in total. The molecule has 0 fully saturated rings. The second-order valence-corrected chi connectivity index (χ2v) is 11.3. The Bertz CT molecular complexity index is 1270. The Balaban J connectivity index is 1.82. The second kappa shape index (κ2) is 11.5. The van der Waals surface area contributed by atoms with E-state index in [-0.39, 0.29) is 5.16 Å². The SMILES string of the molecule is CCCC(C)(Pc1ccccc1C=O)c1cc(Cc2ccccc2)cc(Cc2ccccc2)c1O. The highest BCUT2D eigenvalue weighted by Crippen LogP contribution is 2.49. The molecule has 4 aromatic carbocycles. The number of carbonyl (C=O) groups excluding carboxylic acids is 1. The second-order valence-electron chi connectivity index (χ2n) is 9.39. The van der Waals surface area contributed by atoms with E-state index in [2.05, 4.69) is 62.4 Å². The van der Waals surface area contributed by atoms with Crippen molar-refractivity contribution in [2.75, 3.05) is 0 Å². The van der Waals surface area contributed by atoms with Gasteiger partial charge in [0.05, 0.1) is 0 Å². The minimum absolute atomic E-state index is 0.282. The molecule has 0 aromatic heterocycles. The molecule has 0 spiro atoms. The van der Waals surface area contributed by atoms with Gasteiger partial charge in [0.1, 0.15) is 5.75 Å². The maximum Gasteiger partial charge on any atom is 0.150 e. The molecule has 0 aliphatic rings. The lowest BCUT2D eigenvalue weighted by molar-refractivity contribution is 0.112. The van der Waals surface area contributed by atoms with Crippen molar-refractivity contribution in [2.45, 2.75) is 44.7 Å². The molecule has 4 aromatic rings. The minimum atomic E-state index is -0.282. The number of hydrogen-bond acceptors (Lipinski definition) is 2. The summed E-state index contributed by atoms with van der Waals surface area (Å²) in [6.07, 6.45) is 4.35. The number of aromatic hydroxyl groups is 1. The summed E-state index contributed by atoms with van der Waals surface area (Å²) in [5.74, 6) is 0.387. The van der Waals surface area contributed by atoms with Gasteiger partial charge in [0.25, 0.3) is 0 Å². The average molecular weight is 481 g/mol. The van der Waals surface area contributed by atoms with Crippen LogP contribution in [0.1, 0.15) is 64.9 Å². The summed E-state index contributed by atoms with van der Waals surface area (Å²) in [4.78, 5) is 11.7. The van der Waals surface area contributed by atoms with E-state index in [9.17, 15) is 9.90 Å². The van der Waals surface area contributed by atoms with Gasteiger partial charge in [-0.2, -0.15) is 0 Å². The van der Waals surface area contributed by atoms with Crippen LogP contribution in [0.25, 0.3) is 0 Å². The number of hydrogen-bond donors (Lipinski definition) is 1. The van der Waals surface area contributed by atoms with Crippen LogP contribution in [-0.4, -0.2) is 11.4 Å². The van der Waals surface area contributed by atoms with Crippen LogP contribution in [0.4, 0.5) is 0 Å². The molecule has 2 unspecified atom stereocenters. The monoisotopic (exact) mass is 480 g/mol. The van der Waals surface area contributed by atoms with Crippen LogP contribution in [0.15, 0.2) is 97.1 Å². The number of benzene rings is 4. The largest absolute Gasteiger partial charge is 0.507 e. The van der Waals surface area contributed by atoms with Crippen molar-refractivity contribution in [1.82, 2.24) is 0 Å². The van der Waals surface area contributed by atoms with E-state index < -0.39 is 0 Å². The third-order valence-corrected chi connectivity index (χ3v) is 8.38. The van der Waals surface area contributed by atoms with E-state index in [0.717, 1.165) is 47.5 Å². The molecule has 0 bridgehead atoms. The standard InChI is InChI=1S/C32H33O2P/c1-3-18-32(2,35-30-17-11-10-16-27(30)23-33)29-22-26(19-24-12-6-4-7-13-24)21-28(31(29)34)20-25-14-8-5-9-15-25/h4-17,21-23,34-35H,3,18-20H2,1-2H3. The molecular weight excluding hydrogens is 447 g/mol. The van der Waals surface area contributed by atoms with Crippen molar-refractivity contribution in [1.29, 1.82) is 0 Å². The number of aldehydes is 1. The fraction of sp³-hybridized carbons (Fsp3) is 0.219. The van der Waals surface area contributed by atoms with Crippen molar-refractivity contribution in [3.8, 4) is 5.75 Å². The van der Waals surface area contributed by atoms with Crippen molar-refractivity contribution in [3.05, 3.63) is 130 Å². The van der Waals surface area contributed by atoms with Crippen LogP contribution >= 0.6 is 8.58 Å². The maximum atomic E-state index is 11.7. The molecule has 0 amide bonds. The van der Waals surface area contributed by atoms with E-state index in [4.69, 9.17) is 0 Å². The lowest BCUT2D eigenvalue weighted by Crippen LogP contribution is -2.21. The smallest absolute Gasteiger partial charge is 0.150 e. The Morgan fingerprint density at radius 3 is 2.03 bits per heavy atom. The lowest BCUT2D eigenvalue weighted by Gasteiger charge is -2.33. The van der Waals surface area contributed by atoms with Crippen molar-refractivity contribution >= 4 is 20.2 Å². The van der Waals surface area contributed by atoms with Gasteiger partial charge < -0.3 is 5.11 Å². The van der Waals surface area contributed by atoms with E-state index in [1.165, 1.54) is 16.7 Å². The fourth-order valence-corrected chi connectivity index (χ4v) is 6.60. The number of rotatable bonds is 10. The molecule has 0 saturated carbocycles. The van der Waals surface area contributed by atoms with Gasteiger partial charge in [-0.25, -0.2) is 0 Å². The first-order chi connectivity index (χ1) is 17.0. The molecule has 0 aliphatic carbocycles. The summed E-state index contributed by atoms with van der Waals surface area (Å²) < 4.78 is 0. The number of phenols is 1. The maximum absolute atomic E-state index is 11.7. The zero-order chi connectivity index (χ0) is 24.7. The van der Waals surface area contributed by atoms with Crippen molar-refractivity contribution in [2.24, 2.45) is 0 Å². The summed E-state index contributed by atoms with van der Waals surface area (Å²) in [6, 6.07) is 33.0. The first-order valence-corrected chi connectivity index (χ1v) is 13.3. The third-order valence-electron chi connectivity index (χ3n) is 6.58. The molecule has 2 atom stereocenters. The molecular formula is C32H33O2P. The Hall–Kier alpha value is -3.22. The summed E-state index contributed by atoms with van der Waals surface area (Å²) in [5, 5.41) is 12.4. The van der Waals surface area contributed by atoms with Gasteiger partial charge >= 0.3 is 0 Å². The van der Waals surface area contributed by atoms with Crippen LogP contribution < -0.4 is 5.30 Å². The number of phenolic OH excluding ortho intramolecular Hbond substituents is 1. The first-order valence-electron chi connectivity index (χ1n) is 12.3. The Morgan fingerprint density at radius 2 is 1.40 bits per heavy atom. The Labute approximate surface area is 210 Å². The first kappa shape index (κ1) is 24.9. The highest BCUT2D eigenvalue weighted by Gasteiger charge is 2.31. The van der Waals surface area contributed by atoms with Gasteiger partial charge in [-0.15, -0.1) is 0 Å². The molecule has 0 aliphatic heterocycles. The molecule has 0 saturated heterocycles. The van der Waals surface area contributed by atoms with E-state index in [1.54, 1.807) is 0 Å². The molecule has 4 rings (SSSR count). The van der Waals surface area contributed by atoms with Crippen LogP contribution in [0.5, 0.6) is 5.75 Å². The van der Waals surface area contributed by atoms with Crippen molar-refractivity contribution in [3.63, 3.8) is 0 Å². The minimum Gasteiger partial charge on any atom is -0.507 e. The lowest BCUT2D eigenvalue weighted by atomic mass is 9.88. The molecule has 3 heteroatoms. The fourth-order valence-electron chi connectivity index (χ4n) is 4.84. The topological polar surface area (TPSA) is 37.3 Å². The highest BCUT2D eigenvalue weighted by atomic mass is 31.1. The van der Waals surface area contributed by atoms with Crippen LogP contribution in [0.2, 0.25) is 0 Å². The van der Waals surface area contributed by atoms with Crippen molar-refractivity contribution < 1.29 is 9.90 Å². The molecule has 178 valence electrons. The van der Waals surface area contributed by atoms with Gasteiger partial charge in [0.15, 0.2) is 6.29 Å². The molecule has 0 heterocycles. The predicted molar refractivity (Wildman–Crippen MR) is 149 cm³/mol. The molecule has 1 N–H and O–H groups in total. The van der Waals surface area contributed by atoms with Gasteiger partial charge in [-0.3, -0.25) is 4.79 Å².